The molecule has 1 N–H and O–H groups in total. The summed E-state index contributed by atoms with van der Waals surface area (Å²) in [6.07, 6.45) is -0.447. The molecule has 0 fully saturated rings. The van der Waals surface area contributed by atoms with Crippen molar-refractivity contribution in [3.05, 3.63) is 0 Å². The van der Waals surface area contributed by atoms with Crippen molar-refractivity contribution in [1.29, 1.82) is 0 Å². The van der Waals surface area contributed by atoms with Crippen LogP contribution in [0.2, 0.25) is 0 Å². The van der Waals surface area contributed by atoms with Crippen LogP contribution in [0.5, 0.6) is 0 Å². The van der Waals surface area contributed by atoms with Gasteiger partial charge in [0.2, 0.25) is 0 Å². The van der Waals surface area contributed by atoms with E-state index in [2.05, 4.69) is 5.32 Å². The molecule has 12 heavy (non-hydrogen) atoms. The molecular formula is C8H15F2NO. The number of alkyl halides is 2. The second kappa shape index (κ2) is 4.38. The van der Waals surface area contributed by atoms with Gasteiger partial charge in [0.25, 0.3) is 5.91 Å². The Balaban J connectivity index is 3.88. The molecule has 0 rings (SSSR count). The molecule has 0 aromatic rings. The van der Waals surface area contributed by atoms with Gasteiger partial charge in [-0.05, 0) is 5.92 Å². The van der Waals surface area contributed by atoms with Crippen LogP contribution in [-0.4, -0.2) is 18.4 Å². The highest BCUT2D eigenvalue weighted by Gasteiger charge is 2.35. The van der Waals surface area contributed by atoms with Crippen molar-refractivity contribution in [2.24, 2.45) is 5.92 Å². The highest BCUT2D eigenvalue weighted by Crippen LogP contribution is 2.17. The normalized spacial score (nSPS) is 11.8. The van der Waals surface area contributed by atoms with Gasteiger partial charge >= 0.3 is 5.92 Å². The van der Waals surface area contributed by atoms with E-state index in [-0.39, 0.29) is 5.92 Å². The van der Waals surface area contributed by atoms with Gasteiger partial charge in [-0.1, -0.05) is 20.8 Å². The van der Waals surface area contributed by atoms with Crippen molar-refractivity contribution in [3.63, 3.8) is 0 Å². The quantitative estimate of drug-likeness (QED) is 0.700. The summed E-state index contributed by atoms with van der Waals surface area (Å²) in [5.74, 6) is -4.19. The van der Waals surface area contributed by atoms with Gasteiger partial charge in [-0.3, -0.25) is 4.79 Å². The lowest BCUT2D eigenvalue weighted by atomic mass is 10.2. The number of nitrogens with one attached hydrogen (secondary N) is 1. The average molecular weight is 179 g/mol. The molecule has 72 valence electrons. The van der Waals surface area contributed by atoms with Crippen molar-refractivity contribution >= 4 is 5.91 Å². The molecule has 0 aromatic carbocycles. The largest absolute Gasteiger partial charge is 0.351 e. The Morgan fingerprint density at radius 3 is 2.33 bits per heavy atom. The molecule has 0 atom stereocenters. The minimum atomic E-state index is -3.21. The third-order valence-corrected chi connectivity index (χ3v) is 1.45. The average Bonchev–Trinajstić information content (AvgIpc) is 2.00. The zero-order chi connectivity index (χ0) is 9.78. The van der Waals surface area contributed by atoms with E-state index in [1.165, 1.54) is 6.92 Å². The van der Waals surface area contributed by atoms with Gasteiger partial charge in [0.1, 0.15) is 0 Å². The van der Waals surface area contributed by atoms with Crippen molar-refractivity contribution in [2.45, 2.75) is 33.1 Å². The van der Waals surface area contributed by atoms with Gasteiger partial charge in [0, 0.05) is 13.0 Å². The number of rotatable bonds is 4. The van der Waals surface area contributed by atoms with E-state index in [1.54, 1.807) is 0 Å². The highest BCUT2D eigenvalue weighted by molar-refractivity contribution is 5.83. The monoisotopic (exact) mass is 179 g/mol. The smallest absolute Gasteiger partial charge is 0.324 e. The van der Waals surface area contributed by atoms with Crippen LogP contribution in [0.4, 0.5) is 8.78 Å². The first-order chi connectivity index (χ1) is 5.40. The van der Waals surface area contributed by atoms with Crippen LogP contribution in [0.25, 0.3) is 0 Å². The molecule has 0 radical (unpaired) electrons. The zero-order valence-electron chi connectivity index (χ0n) is 7.66. The van der Waals surface area contributed by atoms with Gasteiger partial charge in [-0.25, -0.2) is 0 Å². The van der Waals surface area contributed by atoms with Crippen molar-refractivity contribution in [1.82, 2.24) is 5.32 Å². The summed E-state index contributed by atoms with van der Waals surface area (Å²) in [7, 11) is 0. The summed E-state index contributed by atoms with van der Waals surface area (Å²) < 4.78 is 25.2. The fraction of sp³-hybridized carbons (Fsp3) is 0.875. The number of halogens is 2. The maximum atomic E-state index is 12.6. The molecule has 0 bridgehead atoms. The molecule has 0 aliphatic carbocycles. The first-order valence-corrected chi connectivity index (χ1v) is 4.06. The van der Waals surface area contributed by atoms with Crippen molar-refractivity contribution in [3.8, 4) is 0 Å². The predicted octanol–water partition coefficient (Wildman–Crippen LogP) is 1.80. The standard InChI is InChI=1S/C8H15F2NO/c1-4-8(9,10)7(12)11-5-6(2)3/h6H,4-5H2,1-3H3,(H,11,12). The fourth-order valence-electron chi connectivity index (χ4n) is 0.587. The summed E-state index contributed by atoms with van der Waals surface area (Å²) in [4.78, 5) is 10.7. The van der Waals surface area contributed by atoms with Crippen LogP contribution in [0.1, 0.15) is 27.2 Å². The molecule has 0 saturated carbocycles. The summed E-state index contributed by atoms with van der Waals surface area (Å²) >= 11 is 0. The lowest BCUT2D eigenvalue weighted by Gasteiger charge is -2.14. The van der Waals surface area contributed by atoms with Crippen molar-refractivity contribution in [2.75, 3.05) is 6.54 Å². The Labute approximate surface area is 71.3 Å². The van der Waals surface area contributed by atoms with Crippen LogP contribution in [-0.2, 0) is 4.79 Å². The van der Waals surface area contributed by atoms with Gasteiger partial charge < -0.3 is 5.32 Å². The Bertz CT molecular complexity index is 157. The molecule has 0 spiro atoms. The molecular weight excluding hydrogens is 164 g/mol. The molecule has 1 amide bonds. The number of carbonyl (C=O) groups excluding carboxylic acids is 1. The first kappa shape index (κ1) is 11.3. The molecule has 0 heterocycles. The van der Waals surface area contributed by atoms with E-state index in [0.29, 0.717) is 6.54 Å². The minimum absolute atomic E-state index is 0.196. The number of hydrogen-bond donors (Lipinski definition) is 1. The summed E-state index contributed by atoms with van der Waals surface area (Å²) in [5, 5.41) is 2.18. The zero-order valence-corrected chi connectivity index (χ0v) is 7.66. The van der Waals surface area contributed by atoms with Crippen LogP contribution in [0.3, 0.4) is 0 Å². The van der Waals surface area contributed by atoms with Gasteiger partial charge in [0.05, 0.1) is 0 Å². The first-order valence-electron chi connectivity index (χ1n) is 4.06. The van der Waals surface area contributed by atoms with Gasteiger partial charge in [0.15, 0.2) is 0 Å². The maximum absolute atomic E-state index is 12.6. The lowest BCUT2D eigenvalue weighted by Crippen LogP contribution is -2.41. The van der Waals surface area contributed by atoms with Gasteiger partial charge in [-0.2, -0.15) is 8.78 Å². The molecule has 4 heteroatoms. The van der Waals surface area contributed by atoms with Crippen molar-refractivity contribution < 1.29 is 13.6 Å². The Hall–Kier alpha value is -0.670. The van der Waals surface area contributed by atoms with Gasteiger partial charge in [-0.15, -0.1) is 0 Å². The summed E-state index contributed by atoms with van der Waals surface area (Å²) in [5.41, 5.74) is 0. The van der Waals surface area contributed by atoms with E-state index < -0.39 is 18.3 Å². The van der Waals surface area contributed by atoms with E-state index in [1.807, 2.05) is 13.8 Å². The molecule has 0 aliphatic heterocycles. The second-order valence-electron chi connectivity index (χ2n) is 3.16. The maximum Gasteiger partial charge on any atom is 0.324 e. The van der Waals surface area contributed by atoms with E-state index in [0.717, 1.165) is 0 Å². The lowest BCUT2D eigenvalue weighted by molar-refractivity contribution is -0.146. The second-order valence-corrected chi connectivity index (χ2v) is 3.16. The minimum Gasteiger partial charge on any atom is -0.351 e. The van der Waals surface area contributed by atoms with E-state index in [4.69, 9.17) is 0 Å². The fourth-order valence-corrected chi connectivity index (χ4v) is 0.587. The third-order valence-electron chi connectivity index (χ3n) is 1.45. The number of amides is 1. The molecule has 0 unspecified atom stereocenters. The highest BCUT2D eigenvalue weighted by atomic mass is 19.3. The predicted molar refractivity (Wildman–Crippen MR) is 43.1 cm³/mol. The Morgan fingerprint density at radius 1 is 1.50 bits per heavy atom. The van der Waals surface area contributed by atoms with Crippen LogP contribution < -0.4 is 5.32 Å². The Morgan fingerprint density at radius 2 is 2.00 bits per heavy atom. The SMILES string of the molecule is CCC(F)(F)C(=O)NCC(C)C. The summed E-state index contributed by atoms with van der Waals surface area (Å²) in [6, 6.07) is 0. The summed E-state index contributed by atoms with van der Waals surface area (Å²) in [6.45, 7) is 5.29. The third kappa shape index (κ3) is 3.64. The van der Waals surface area contributed by atoms with Crippen LogP contribution >= 0.6 is 0 Å². The number of hydrogen-bond acceptors (Lipinski definition) is 1. The molecule has 0 saturated heterocycles. The molecule has 2 nitrogen and oxygen atoms in total. The Kier molecular flexibility index (Phi) is 4.13. The number of carbonyl (C=O) groups is 1. The van der Waals surface area contributed by atoms with Crippen LogP contribution in [0.15, 0.2) is 0 Å². The van der Waals surface area contributed by atoms with Crippen LogP contribution in [0, 0.1) is 5.92 Å². The topological polar surface area (TPSA) is 29.1 Å². The molecule has 0 aliphatic rings. The van der Waals surface area contributed by atoms with E-state index >= 15 is 0 Å². The molecule has 0 aromatic heterocycles. The van der Waals surface area contributed by atoms with E-state index in [9.17, 15) is 13.6 Å².